The fourth-order valence-electron chi connectivity index (χ4n) is 2.00. The number of hydrogen-bond acceptors (Lipinski definition) is 2. The first-order valence-electron chi connectivity index (χ1n) is 4.73. The third-order valence-electron chi connectivity index (χ3n) is 2.80. The second-order valence-electron chi connectivity index (χ2n) is 3.74. The fraction of sp³-hybridized carbons (Fsp3) is 0.500. The van der Waals surface area contributed by atoms with Crippen LogP contribution in [-0.2, 0) is 0 Å². The van der Waals surface area contributed by atoms with E-state index in [9.17, 15) is 9.90 Å². The van der Waals surface area contributed by atoms with Crippen LogP contribution in [-0.4, -0.2) is 34.3 Å². The van der Waals surface area contributed by atoms with Gasteiger partial charge < -0.3 is 15.1 Å². The number of carbonyl (C=O) groups is 1. The molecular formula is C10H13NO3. The number of hydrogen-bond donors (Lipinski definition) is 2. The zero-order valence-corrected chi connectivity index (χ0v) is 7.81. The lowest BCUT2D eigenvalue weighted by molar-refractivity contribution is 0.140. The van der Waals surface area contributed by atoms with E-state index < -0.39 is 6.09 Å². The molecule has 2 aliphatic rings. The highest BCUT2D eigenvalue weighted by molar-refractivity contribution is 5.65. The van der Waals surface area contributed by atoms with Crippen molar-refractivity contribution >= 4 is 6.09 Å². The second kappa shape index (κ2) is 3.36. The standard InChI is InChI=1S/C10H13NO3/c12-9-2-1-8-6-11(10(13)14)4-3-7(8)5-9/h1,5,7,12H,2-4,6H2,(H,13,14). The van der Waals surface area contributed by atoms with Gasteiger partial charge >= 0.3 is 6.09 Å². The van der Waals surface area contributed by atoms with E-state index in [1.54, 1.807) is 0 Å². The van der Waals surface area contributed by atoms with Crippen LogP contribution < -0.4 is 0 Å². The van der Waals surface area contributed by atoms with Crippen LogP contribution in [0.1, 0.15) is 12.8 Å². The molecule has 2 rings (SSSR count). The molecular weight excluding hydrogens is 182 g/mol. The van der Waals surface area contributed by atoms with Gasteiger partial charge in [-0.2, -0.15) is 0 Å². The Kier molecular flexibility index (Phi) is 2.19. The van der Waals surface area contributed by atoms with Crippen LogP contribution in [0.2, 0.25) is 0 Å². The molecule has 0 radical (unpaired) electrons. The Morgan fingerprint density at radius 2 is 2.36 bits per heavy atom. The molecule has 0 spiro atoms. The van der Waals surface area contributed by atoms with E-state index >= 15 is 0 Å². The van der Waals surface area contributed by atoms with Crippen molar-refractivity contribution in [3.8, 4) is 0 Å². The van der Waals surface area contributed by atoms with Gasteiger partial charge in [0.05, 0.1) is 5.76 Å². The zero-order valence-electron chi connectivity index (χ0n) is 7.81. The number of carboxylic acid groups (broad SMARTS) is 1. The minimum atomic E-state index is -0.858. The molecule has 1 saturated heterocycles. The Balaban J connectivity index is 2.09. The molecule has 4 nitrogen and oxygen atoms in total. The number of fused-ring (bicyclic) bond motifs is 1. The summed E-state index contributed by atoms with van der Waals surface area (Å²) in [6.07, 6.45) is 4.24. The fourth-order valence-corrected chi connectivity index (χ4v) is 2.00. The number of aliphatic hydroxyl groups excluding tert-OH is 1. The Hall–Kier alpha value is -1.45. The summed E-state index contributed by atoms with van der Waals surface area (Å²) < 4.78 is 0. The summed E-state index contributed by atoms with van der Waals surface area (Å²) in [5.74, 6) is 0.655. The second-order valence-corrected chi connectivity index (χ2v) is 3.74. The predicted molar refractivity (Wildman–Crippen MR) is 51.1 cm³/mol. The number of aliphatic hydroxyl groups is 1. The normalized spacial score (nSPS) is 26.3. The van der Waals surface area contributed by atoms with E-state index in [4.69, 9.17) is 5.11 Å². The molecule has 1 atom stereocenters. The molecule has 1 aliphatic carbocycles. The summed E-state index contributed by atoms with van der Waals surface area (Å²) in [7, 11) is 0. The highest BCUT2D eigenvalue weighted by Crippen LogP contribution is 2.29. The summed E-state index contributed by atoms with van der Waals surface area (Å²) in [5, 5.41) is 18.1. The van der Waals surface area contributed by atoms with Gasteiger partial charge in [-0.3, -0.25) is 0 Å². The average Bonchev–Trinajstić information content (AvgIpc) is 2.16. The van der Waals surface area contributed by atoms with E-state index in [1.165, 1.54) is 4.90 Å². The molecule has 0 saturated carbocycles. The van der Waals surface area contributed by atoms with Crippen molar-refractivity contribution in [1.82, 2.24) is 4.90 Å². The maximum absolute atomic E-state index is 10.7. The minimum absolute atomic E-state index is 0.249. The van der Waals surface area contributed by atoms with Gasteiger partial charge in [-0.15, -0.1) is 0 Å². The van der Waals surface area contributed by atoms with E-state index in [1.807, 2.05) is 12.2 Å². The lowest BCUT2D eigenvalue weighted by atomic mass is 9.86. The van der Waals surface area contributed by atoms with Crippen molar-refractivity contribution in [2.24, 2.45) is 5.92 Å². The van der Waals surface area contributed by atoms with Crippen molar-refractivity contribution in [3.05, 3.63) is 23.5 Å². The van der Waals surface area contributed by atoms with E-state index in [0.29, 0.717) is 25.3 Å². The summed E-state index contributed by atoms with van der Waals surface area (Å²) >= 11 is 0. The van der Waals surface area contributed by atoms with Crippen molar-refractivity contribution < 1.29 is 15.0 Å². The van der Waals surface area contributed by atoms with Gasteiger partial charge in [-0.25, -0.2) is 4.79 Å². The average molecular weight is 195 g/mol. The Morgan fingerprint density at radius 3 is 3.07 bits per heavy atom. The van der Waals surface area contributed by atoms with Crippen LogP contribution in [0, 0.1) is 5.92 Å². The Morgan fingerprint density at radius 1 is 1.57 bits per heavy atom. The van der Waals surface area contributed by atoms with Crippen LogP contribution >= 0.6 is 0 Å². The van der Waals surface area contributed by atoms with E-state index in [-0.39, 0.29) is 5.92 Å². The van der Waals surface area contributed by atoms with Crippen molar-refractivity contribution in [2.45, 2.75) is 12.8 Å². The minimum Gasteiger partial charge on any atom is -0.512 e. The number of allylic oxidation sites excluding steroid dienone is 2. The molecule has 76 valence electrons. The van der Waals surface area contributed by atoms with Gasteiger partial charge in [0, 0.05) is 25.4 Å². The third-order valence-corrected chi connectivity index (χ3v) is 2.80. The molecule has 14 heavy (non-hydrogen) atoms. The Labute approximate surface area is 82.1 Å². The maximum atomic E-state index is 10.7. The van der Waals surface area contributed by atoms with Crippen LogP contribution in [0.3, 0.4) is 0 Å². The first-order valence-corrected chi connectivity index (χ1v) is 4.73. The highest BCUT2D eigenvalue weighted by Gasteiger charge is 2.26. The monoisotopic (exact) mass is 195 g/mol. The van der Waals surface area contributed by atoms with Crippen molar-refractivity contribution in [3.63, 3.8) is 0 Å². The van der Waals surface area contributed by atoms with E-state index in [2.05, 4.69) is 0 Å². The molecule has 4 heteroatoms. The van der Waals surface area contributed by atoms with Crippen LogP contribution in [0.5, 0.6) is 0 Å². The lowest BCUT2D eigenvalue weighted by Gasteiger charge is -2.32. The predicted octanol–water partition coefficient (Wildman–Crippen LogP) is 1.76. The molecule has 1 unspecified atom stereocenters. The number of rotatable bonds is 0. The number of nitrogens with zero attached hydrogens (tertiary/aromatic N) is 1. The SMILES string of the molecule is O=C(O)N1CCC2C=C(O)CC=C2C1. The zero-order chi connectivity index (χ0) is 10.1. The molecule has 2 N–H and O–H groups in total. The summed E-state index contributed by atoms with van der Waals surface area (Å²) in [5.41, 5.74) is 1.12. The van der Waals surface area contributed by atoms with Gasteiger partial charge in [0.25, 0.3) is 0 Å². The molecule has 0 aromatic carbocycles. The van der Waals surface area contributed by atoms with Gasteiger partial charge in [-0.1, -0.05) is 6.08 Å². The van der Waals surface area contributed by atoms with Crippen molar-refractivity contribution in [1.29, 1.82) is 0 Å². The molecule has 0 aromatic heterocycles. The molecule has 1 aliphatic heterocycles. The number of amides is 1. The third kappa shape index (κ3) is 1.60. The first-order chi connectivity index (χ1) is 6.66. The summed E-state index contributed by atoms with van der Waals surface area (Å²) in [4.78, 5) is 12.1. The van der Waals surface area contributed by atoms with E-state index in [0.717, 1.165) is 12.0 Å². The van der Waals surface area contributed by atoms with Gasteiger partial charge in [0.1, 0.15) is 0 Å². The molecule has 1 heterocycles. The van der Waals surface area contributed by atoms with Gasteiger partial charge in [0.2, 0.25) is 0 Å². The molecule has 0 bridgehead atoms. The highest BCUT2D eigenvalue weighted by atomic mass is 16.4. The lowest BCUT2D eigenvalue weighted by Crippen LogP contribution is -2.39. The summed E-state index contributed by atoms with van der Waals surface area (Å²) in [6, 6.07) is 0. The Bertz CT molecular complexity index is 319. The van der Waals surface area contributed by atoms with Crippen LogP contribution in [0.4, 0.5) is 4.79 Å². The largest absolute Gasteiger partial charge is 0.512 e. The first kappa shape index (κ1) is 9.12. The molecule has 1 amide bonds. The summed E-state index contributed by atoms with van der Waals surface area (Å²) in [6.45, 7) is 1.05. The van der Waals surface area contributed by atoms with Gasteiger partial charge in [0.15, 0.2) is 0 Å². The molecule has 0 aromatic rings. The quantitative estimate of drug-likeness (QED) is 0.579. The smallest absolute Gasteiger partial charge is 0.407 e. The number of piperidine rings is 1. The van der Waals surface area contributed by atoms with Crippen LogP contribution in [0.25, 0.3) is 0 Å². The maximum Gasteiger partial charge on any atom is 0.407 e. The van der Waals surface area contributed by atoms with Crippen LogP contribution in [0.15, 0.2) is 23.5 Å². The number of likely N-dealkylation sites (tertiary alicyclic amines) is 1. The molecule has 1 fully saturated rings. The van der Waals surface area contributed by atoms with Crippen molar-refractivity contribution in [2.75, 3.05) is 13.1 Å². The van der Waals surface area contributed by atoms with Gasteiger partial charge in [-0.05, 0) is 18.1 Å². The topological polar surface area (TPSA) is 60.8 Å².